The van der Waals surface area contributed by atoms with Crippen LogP contribution in [0.25, 0.3) is 11.3 Å². The molecule has 0 fully saturated rings. The Morgan fingerprint density at radius 2 is 1.83 bits per heavy atom. The van der Waals surface area contributed by atoms with Crippen LogP contribution in [-0.2, 0) is 6.42 Å². The zero-order chi connectivity index (χ0) is 12.8. The number of benzene rings is 1. The molecule has 0 unspecified atom stereocenters. The van der Waals surface area contributed by atoms with E-state index in [1.54, 1.807) is 0 Å². The summed E-state index contributed by atoms with van der Waals surface area (Å²) in [4.78, 5) is 9.07. The molecule has 0 aliphatic carbocycles. The Kier molecular flexibility index (Phi) is 4.29. The summed E-state index contributed by atoms with van der Waals surface area (Å²) in [6.45, 7) is 5.16. The van der Waals surface area contributed by atoms with Crippen LogP contribution < -0.4 is 5.32 Å². The molecular weight excluding hydrogens is 222 g/mol. The monoisotopic (exact) mass is 241 g/mol. The first-order chi connectivity index (χ1) is 8.83. The second kappa shape index (κ2) is 6.15. The lowest BCUT2D eigenvalue weighted by molar-refractivity contribution is 0.919. The highest BCUT2D eigenvalue weighted by molar-refractivity contribution is 5.62. The van der Waals surface area contributed by atoms with Crippen molar-refractivity contribution in [1.29, 1.82) is 0 Å². The summed E-state index contributed by atoms with van der Waals surface area (Å²) in [7, 11) is 0. The fourth-order valence-electron chi connectivity index (χ4n) is 1.76. The van der Waals surface area contributed by atoms with Gasteiger partial charge in [-0.1, -0.05) is 44.2 Å². The molecule has 1 N–H and O–H groups in total. The highest BCUT2D eigenvalue weighted by Crippen LogP contribution is 2.19. The fourth-order valence-corrected chi connectivity index (χ4v) is 1.76. The third kappa shape index (κ3) is 3.06. The Labute approximate surface area is 108 Å². The summed E-state index contributed by atoms with van der Waals surface area (Å²) >= 11 is 0. The lowest BCUT2D eigenvalue weighted by atomic mass is 10.1. The molecule has 0 saturated carbocycles. The second-order valence-corrected chi connectivity index (χ2v) is 4.20. The topological polar surface area (TPSA) is 37.8 Å². The predicted molar refractivity (Wildman–Crippen MR) is 75.6 cm³/mol. The third-order valence-corrected chi connectivity index (χ3v) is 2.71. The van der Waals surface area contributed by atoms with Crippen LogP contribution in [0.1, 0.15) is 26.1 Å². The van der Waals surface area contributed by atoms with Crippen molar-refractivity contribution in [2.75, 3.05) is 11.9 Å². The minimum atomic E-state index is 0.849. The summed E-state index contributed by atoms with van der Waals surface area (Å²) in [6, 6.07) is 12.2. The summed E-state index contributed by atoms with van der Waals surface area (Å²) in [5.74, 6) is 1.80. The maximum atomic E-state index is 4.58. The van der Waals surface area contributed by atoms with Gasteiger partial charge in [0.1, 0.15) is 11.6 Å². The molecule has 3 nitrogen and oxygen atoms in total. The van der Waals surface area contributed by atoms with Crippen molar-refractivity contribution in [3.63, 3.8) is 0 Å². The molecule has 3 heteroatoms. The molecule has 0 spiro atoms. The van der Waals surface area contributed by atoms with E-state index in [0.717, 1.165) is 42.3 Å². The number of nitrogens with one attached hydrogen (secondary N) is 1. The molecule has 0 atom stereocenters. The van der Waals surface area contributed by atoms with Gasteiger partial charge < -0.3 is 5.32 Å². The summed E-state index contributed by atoms with van der Waals surface area (Å²) in [5, 5.41) is 3.33. The van der Waals surface area contributed by atoms with Gasteiger partial charge in [-0.2, -0.15) is 0 Å². The average molecular weight is 241 g/mol. The molecule has 1 aromatic carbocycles. The van der Waals surface area contributed by atoms with Crippen LogP contribution in [0.4, 0.5) is 5.82 Å². The van der Waals surface area contributed by atoms with Gasteiger partial charge in [0.05, 0.1) is 5.69 Å². The number of nitrogens with zero attached hydrogens (tertiary/aromatic N) is 2. The van der Waals surface area contributed by atoms with Crippen LogP contribution in [0.3, 0.4) is 0 Å². The van der Waals surface area contributed by atoms with Gasteiger partial charge in [0.2, 0.25) is 0 Å². The molecule has 0 radical (unpaired) electrons. The molecule has 0 bridgehead atoms. The molecule has 0 saturated heterocycles. The van der Waals surface area contributed by atoms with Crippen LogP contribution in [-0.4, -0.2) is 16.5 Å². The second-order valence-electron chi connectivity index (χ2n) is 4.20. The number of aromatic nitrogens is 2. The number of anilines is 1. The van der Waals surface area contributed by atoms with Gasteiger partial charge in [-0.25, -0.2) is 9.97 Å². The van der Waals surface area contributed by atoms with Crippen molar-refractivity contribution in [3.8, 4) is 11.3 Å². The molecule has 0 aliphatic heterocycles. The van der Waals surface area contributed by atoms with Crippen molar-refractivity contribution in [2.24, 2.45) is 0 Å². The smallest absolute Gasteiger partial charge is 0.131 e. The van der Waals surface area contributed by atoms with Crippen molar-refractivity contribution >= 4 is 5.82 Å². The molecule has 0 amide bonds. The lowest BCUT2D eigenvalue weighted by Crippen LogP contribution is -2.05. The minimum Gasteiger partial charge on any atom is -0.370 e. The Morgan fingerprint density at radius 1 is 1.06 bits per heavy atom. The van der Waals surface area contributed by atoms with Gasteiger partial charge in [0, 0.05) is 24.6 Å². The van der Waals surface area contributed by atoms with Crippen molar-refractivity contribution in [1.82, 2.24) is 9.97 Å². The van der Waals surface area contributed by atoms with E-state index in [1.807, 2.05) is 24.3 Å². The fraction of sp³-hybridized carbons (Fsp3) is 0.333. The summed E-state index contributed by atoms with van der Waals surface area (Å²) in [5.41, 5.74) is 2.12. The average Bonchev–Trinajstić information content (AvgIpc) is 2.45. The Balaban J connectivity index is 2.35. The van der Waals surface area contributed by atoms with Crippen LogP contribution >= 0.6 is 0 Å². The van der Waals surface area contributed by atoms with E-state index in [4.69, 9.17) is 0 Å². The quantitative estimate of drug-likeness (QED) is 0.870. The van der Waals surface area contributed by atoms with E-state index in [-0.39, 0.29) is 0 Å². The highest BCUT2D eigenvalue weighted by Gasteiger charge is 2.04. The summed E-state index contributed by atoms with van der Waals surface area (Å²) < 4.78 is 0. The van der Waals surface area contributed by atoms with E-state index in [1.165, 1.54) is 0 Å². The van der Waals surface area contributed by atoms with E-state index >= 15 is 0 Å². The maximum absolute atomic E-state index is 4.58. The number of hydrogen-bond donors (Lipinski definition) is 1. The SMILES string of the molecule is CCCNc1cc(-c2ccccc2)nc(CC)n1. The molecule has 94 valence electrons. The zero-order valence-electron chi connectivity index (χ0n) is 11.0. The zero-order valence-corrected chi connectivity index (χ0v) is 11.0. The first-order valence-electron chi connectivity index (χ1n) is 6.50. The first-order valence-corrected chi connectivity index (χ1v) is 6.50. The Hall–Kier alpha value is -1.90. The molecule has 1 aromatic heterocycles. The van der Waals surface area contributed by atoms with Crippen LogP contribution in [0.2, 0.25) is 0 Å². The van der Waals surface area contributed by atoms with Crippen molar-refractivity contribution in [2.45, 2.75) is 26.7 Å². The number of rotatable bonds is 5. The largest absolute Gasteiger partial charge is 0.370 e. The number of hydrogen-bond acceptors (Lipinski definition) is 3. The van der Waals surface area contributed by atoms with Gasteiger partial charge >= 0.3 is 0 Å². The van der Waals surface area contributed by atoms with Gasteiger partial charge in [0.15, 0.2) is 0 Å². The van der Waals surface area contributed by atoms with E-state index in [0.29, 0.717) is 0 Å². The predicted octanol–water partition coefficient (Wildman–Crippen LogP) is 3.53. The van der Waals surface area contributed by atoms with Crippen LogP contribution in [0.5, 0.6) is 0 Å². The Bertz CT molecular complexity index is 494. The van der Waals surface area contributed by atoms with Gasteiger partial charge in [0.25, 0.3) is 0 Å². The third-order valence-electron chi connectivity index (χ3n) is 2.71. The van der Waals surface area contributed by atoms with Crippen LogP contribution in [0.15, 0.2) is 36.4 Å². The van der Waals surface area contributed by atoms with Gasteiger partial charge in [-0.15, -0.1) is 0 Å². The van der Waals surface area contributed by atoms with E-state index in [2.05, 4.69) is 41.3 Å². The van der Waals surface area contributed by atoms with E-state index in [9.17, 15) is 0 Å². The maximum Gasteiger partial charge on any atom is 0.131 e. The first kappa shape index (κ1) is 12.6. The summed E-state index contributed by atoms with van der Waals surface area (Å²) in [6.07, 6.45) is 1.94. The standard InChI is InChI=1S/C15H19N3/c1-3-10-16-15-11-13(17-14(4-2)18-15)12-8-6-5-7-9-12/h5-9,11H,3-4,10H2,1-2H3,(H,16,17,18). The van der Waals surface area contributed by atoms with Crippen molar-refractivity contribution < 1.29 is 0 Å². The molecule has 1 heterocycles. The number of aryl methyl sites for hydroxylation is 1. The molecular formula is C15H19N3. The molecule has 2 rings (SSSR count). The van der Waals surface area contributed by atoms with Crippen LogP contribution in [0, 0.1) is 0 Å². The lowest BCUT2D eigenvalue weighted by Gasteiger charge is -2.08. The minimum absolute atomic E-state index is 0.849. The van der Waals surface area contributed by atoms with E-state index < -0.39 is 0 Å². The highest BCUT2D eigenvalue weighted by atomic mass is 15.0. The van der Waals surface area contributed by atoms with Gasteiger partial charge in [-0.3, -0.25) is 0 Å². The van der Waals surface area contributed by atoms with Crippen molar-refractivity contribution in [3.05, 3.63) is 42.2 Å². The Morgan fingerprint density at radius 3 is 2.50 bits per heavy atom. The van der Waals surface area contributed by atoms with Gasteiger partial charge in [-0.05, 0) is 6.42 Å². The molecule has 18 heavy (non-hydrogen) atoms. The normalized spacial score (nSPS) is 10.3. The molecule has 2 aromatic rings. The molecule has 0 aliphatic rings.